The number of carbonyl (C=O) groups is 1. The summed E-state index contributed by atoms with van der Waals surface area (Å²) in [4.78, 5) is 12.4. The number of carboxylic acids is 1. The van der Waals surface area contributed by atoms with Crippen molar-refractivity contribution in [3.05, 3.63) is 35.9 Å². The molecule has 0 atom stereocenters. The highest BCUT2D eigenvalue weighted by molar-refractivity contribution is 5.85. The highest BCUT2D eigenvalue weighted by Crippen LogP contribution is 2.18. The summed E-state index contributed by atoms with van der Waals surface area (Å²) < 4.78 is 0. The maximum Gasteiger partial charge on any atom is 0.331 e. The van der Waals surface area contributed by atoms with Crippen LogP contribution in [-0.4, -0.2) is 29.8 Å². The van der Waals surface area contributed by atoms with E-state index in [1.807, 2.05) is 18.0 Å². The first kappa shape index (κ1) is 12.1. The fraction of sp³-hybridized carbons (Fsp3) is 0.250. The van der Waals surface area contributed by atoms with Gasteiger partial charge >= 0.3 is 5.97 Å². The number of aliphatic carboxylic acids is 1. The predicted octanol–water partition coefficient (Wildman–Crippen LogP) is 1.86. The molecule has 0 saturated heterocycles. The summed E-state index contributed by atoms with van der Waals surface area (Å²) in [5.74, 6) is -0.715. The standard InChI is InChI=1S/C12H15NO3/c1-9(12(15)16)6-7-13(2)10-4-3-5-11(14)8-10/h3-6,8,14H,7H2,1-2H3,(H,15,16)/b9-6-. The van der Waals surface area contributed by atoms with Gasteiger partial charge in [-0.1, -0.05) is 12.1 Å². The number of aromatic hydroxyl groups is 1. The third kappa shape index (κ3) is 3.31. The Morgan fingerprint density at radius 1 is 1.50 bits per heavy atom. The first-order valence-electron chi connectivity index (χ1n) is 4.91. The minimum Gasteiger partial charge on any atom is -0.508 e. The molecule has 0 aliphatic rings. The van der Waals surface area contributed by atoms with E-state index in [1.165, 1.54) is 0 Å². The second kappa shape index (κ2) is 5.21. The minimum atomic E-state index is -0.913. The van der Waals surface area contributed by atoms with Gasteiger partial charge in [-0.2, -0.15) is 0 Å². The normalized spacial score (nSPS) is 11.2. The van der Waals surface area contributed by atoms with Crippen molar-refractivity contribution in [1.29, 1.82) is 0 Å². The second-order valence-corrected chi connectivity index (χ2v) is 3.59. The number of hydrogen-bond donors (Lipinski definition) is 2. The third-order valence-corrected chi connectivity index (χ3v) is 2.28. The van der Waals surface area contributed by atoms with Gasteiger partial charge in [0.05, 0.1) is 0 Å². The van der Waals surface area contributed by atoms with Gasteiger partial charge in [-0.25, -0.2) is 4.79 Å². The molecule has 1 rings (SSSR count). The summed E-state index contributed by atoms with van der Waals surface area (Å²) in [6, 6.07) is 6.82. The smallest absolute Gasteiger partial charge is 0.331 e. The van der Waals surface area contributed by atoms with Crippen LogP contribution in [-0.2, 0) is 4.79 Å². The van der Waals surface area contributed by atoms with E-state index in [9.17, 15) is 9.90 Å². The Labute approximate surface area is 94.4 Å². The zero-order valence-corrected chi connectivity index (χ0v) is 9.34. The fourth-order valence-electron chi connectivity index (χ4n) is 1.20. The molecular weight excluding hydrogens is 206 g/mol. The van der Waals surface area contributed by atoms with Gasteiger partial charge in [-0.3, -0.25) is 0 Å². The maximum absolute atomic E-state index is 10.6. The van der Waals surface area contributed by atoms with E-state index >= 15 is 0 Å². The summed E-state index contributed by atoms with van der Waals surface area (Å²) in [5, 5.41) is 18.0. The molecule has 16 heavy (non-hydrogen) atoms. The fourth-order valence-corrected chi connectivity index (χ4v) is 1.20. The number of phenolic OH excluding ortho intramolecular Hbond substituents is 1. The number of nitrogens with zero attached hydrogens (tertiary/aromatic N) is 1. The molecule has 2 N–H and O–H groups in total. The van der Waals surface area contributed by atoms with Crippen molar-refractivity contribution < 1.29 is 15.0 Å². The number of phenols is 1. The first-order valence-corrected chi connectivity index (χ1v) is 4.91. The van der Waals surface area contributed by atoms with Gasteiger partial charge in [-0.05, 0) is 19.1 Å². The molecule has 0 unspecified atom stereocenters. The quantitative estimate of drug-likeness (QED) is 0.762. The summed E-state index contributed by atoms with van der Waals surface area (Å²) in [6.45, 7) is 2.04. The van der Waals surface area contributed by atoms with Crippen LogP contribution in [0.15, 0.2) is 35.9 Å². The molecule has 0 radical (unpaired) electrons. The van der Waals surface area contributed by atoms with Crippen molar-refractivity contribution in [1.82, 2.24) is 0 Å². The van der Waals surface area contributed by atoms with Crippen molar-refractivity contribution in [2.45, 2.75) is 6.92 Å². The lowest BCUT2D eigenvalue weighted by molar-refractivity contribution is -0.132. The predicted molar refractivity (Wildman–Crippen MR) is 62.8 cm³/mol. The molecule has 1 aromatic carbocycles. The molecule has 0 amide bonds. The average Bonchev–Trinajstić information content (AvgIpc) is 2.25. The van der Waals surface area contributed by atoms with Crippen molar-refractivity contribution in [3.8, 4) is 5.75 Å². The highest BCUT2D eigenvalue weighted by atomic mass is 16.4. The summed E-state index contributed by atoms with van der Waals surface area (Å²) in [5.41, 5.74) is 1.15. The van der Waals surface area contributed by atoms with E-state index in [2.05, 4.69) is 0 Å². The van der Waals surface area contributed by atoms with E-state index in [1.54, 1.807) is 31.2 Å². The van der Waals surface area contributed by atoms with Crippen LogP contribution in [0.4, 0.5) is 5.69 Å². The molecule has 0 bridgehead atoms. The van der Waals surface area contributed by atoms with Crippen LogP contribution in [0.3, 0.4) is 0 Å². The van der Waals surface area contributed by atoms with Crippen LogP contribution < -0.4 is 4.90 Å². The largest absolute Gasteiger partial charge is 0.508 e. The average molecular weight is 221 g/mol. The Balaban J connectivity index is 2.69. The van der Waals surface area contributed by atoms with E-state index in [0.29, 0.717) is 12.1 Å². The summed E-state index contributed by atoms with van der Waals surface area (Å²) in [6.07, 6.45) is 1.63. The van der Waals surface area contributed by atoms with Crippen LogP contribution in [0, 0.1) is 0 Å². The Morgan fingerprint density at radius 3 is 2.75 bits per heavy atom. The maximum atomic E-state index is 10.6. The van der Waals surface area contributed by atoms with Crippen LogP contribution in [0.5, 0.6) is 5.75 Å². The van der Waals surface area contributed by atoms with Gasteiger partial charge in [-0.15, -0.1) is 0 Å². The topological polar surface area (TPSA) is 60.8 Å². The lowest BCUT2D eigenvalue weighted by Gasteiger charge is -2.17. The number of benzene rings is 1. The van der Waals surface area contributed by atoms with Crippen LogP contribution >= 0.6 is 0 Å². The Bertz CT molecular complexity index is 412. The first-order chi connectivity index (χ1) is 7.50. The van der Waals surface area contributed by atoms with Gasteiger partial charge in [0.25, 0.3) is 0 Å². The molecule has 0 fully saturated rings. The zero-order chi connectivity index (χ0) is 12.1. The molecule has 4 nitrogen and oxygen atoms in total. The zero-order valence-electron chi connectivity index (χ0n) is 9.34. The van der Waals surface area contributed by atoms with Crippen LogP contribution in [0.2, 0.25) is 0 Å². The molecule has 0 aliphatic carbocycles. The number of likely N-dealkylation sites (N-methyl/N-ethyl adjacent to an activating group) is 1. The molecule has 0 heterocycles. The number of anilines is 1. The van der Waals surface area contributed by atoms with E-state index < -0.39 is 5.97 Å². The third-order valence-electron chi connectivity index (χ3n) is 2.28. The minimum absolute atomic E-state index is 0.197. The van der Waals surface area contributed by atoms with Crippen molar-refractivity contribution in [3.63, 3.8) is 0 Å². The van der Waals surface area contributed by atoms with Crippen molar-refractivity contribution in [2.75, 3.05) is 18.5 Å². The van der Waals surface area contributed by atoms with E-state index in [4.69, 9.17) is 5.11 Å². The molecule has 1 aromatic rings. The van der Waals surface area contributed by atoms with E-state index in [0.717, 1.165) is 5.69 Å². The van der Waals surface area contributed by atoms with Crippen molar-refractivity contribution in [2.24, 2.45) is 0 Å². The molecule has 0 aliphatic heterocycles. The lowest BCUT2D eigenvalue weighted by atomic mass is 10.2. The number of hydrogen-bond acceptors (Lipinski definition) is 3. The molecule has 86 valence electrons. The highest BCUT2D eigenvalue weighted by Gasteiger charge is 2.02. The Morgan fingerprint density at radius 2 is 2.19 bits per heavy atom. The van der Waals surface area contributed by atoms with Gasteiger partial charge in [0, 0.05) is 30.9 Å². The summed E-state index contributed by atoms with van der Waals surface area (Å²) in [7, 11) is 1.83. The SMILES string of the molecule is C/C(=C/CN(C)c1cccc(O)c1)C(=O)O. The Kier molecular flexibility index (Phi) is 3.94. The molecule has 0 saturated carbocycles. The monoisotopic (exact) mass is 221 g/mol. The summed E-state index contributed by atoms with van der Waals surface area (Å²) >= 11 is 0. The van der Waals surface area contributed by atoms with E-state index in [-0.39, 0.29) is 5.75 Å². The number of carboxylic acid groups (broad SMARTS) is 1. The molecule has 0 aromatic heterocycles. The van der Waals surface area contributed by atoms with Crippen molar-refractivity contribution >= 4 is 11.7 Å². The molecule has 4 heteroatoms. The Hall–Kier alpha value is -1.97. The number of rotatable bonds is 4. The lowest BCUT2D eigenvalue weighted by Crippen LogP contribution is -2.17. The molecular formula is C12H15NO3. The van der Waals surface area contributed by atoms with Gasteiger partial charge in [0.2, 0.25) is 0 Å². The molecule has 0 spiro atoms. The van der Waals surface area contributed by atoms with Gasteiger partial charge < -0.3 is 15.1 Å². The second-order valence-electron chi connectivity index (χ2n) is 3.59. The van der Waals surface area contributed by atoms with Gasteiger partial charge in [0.15, 0.2) is 0 Å². The van der Waals surface area contributed by atoms with Gasteiger partial charge in [0.1, 0.15) is 5.75 Å². The van der Waals surface area contributed by atoms with Crippen LogP contribution in [0.25, 0.3) is 0 Å². The van der Waals surface area contributed by atoms with Crippen LogP contribution in [0.1, 0.15) is 6.92 Å².